The molecule has 0 aliphatic heterocycles. The smallest absolute Gasteiger partial charge is 0.252 e. The Kier molecular flexibility index (Phi) is 5.80. The van der Waals surface area contributed by atoms with E-state index >= 15 is 0 Å². The highest BCUT2D eigenvalue weighted by Gasteiger charge is 2.40. The average Bonchev–Trinajstić information content (AvgIpc) is 2.60. The van der Waals surface area contributed by atoms with Gasteiger partial charge in [0.25, 0.3) is 5.91 Å². The predicted molar refractivity (Wildman–Crippen MR) is 92.7 cm³/mol. The number of carbonyl (C=O) groups excluding carboxylic acids is 2. The fraction of sp³-hybridized carbons (Fsp3) is 0.500. The van der Waals surface area contributed by atoms with Crippen molar-refractivity contribution in [2.75, 3.05) is 25.5 Å². The monoisotopic (exact) mass is 328 g/mol. The quantitative estimate of drug-likeness (QED) is 0.808. The van der Waals surface area contributed by atoms with Gasteiger partial charge in [0, 0.05) is 25.3 Å². The molecule has 0 bridgehead atoms. The van der Waals surface area contributed by atoms with Crippen LogP contribution in [0.3, 0.4) is 0 Å². The maximum atomic E-state index is 12.6. The molecule has 0 atom stereocenters. The number of nitriles is 1. The molecule has 128 valence electrons. The molecule has 0 unspecified atom stereocenters. The molecule has 1 aliphatic rings. The van der Waals surface area contributed by atoms with Gasteiger partial charge in [-0.3, -0.25) is 9.59 Å². The molecule has 1 aromatic carbocycles. The fourth-order valence-electron chi connectivity index (χ4n) is 3.05. The summed E-state index contributed by atoms with van der Waals surface area (Å²) in [6, 6.07) is 9.17. The Morgan fingerprint density at radius 1 is 1.17 bits per heavy atom. The molecule has 2 N–H and O–H groups in total. The van der Waals surface area contributed by atoms with E-state index in [1.807, 2.05) is 37.2 Å². The van der Waals surface area contributed by atoms with E-state index < -0.39 is 5.54 Å². The molecule has 0 saturated heterocycles. The molecule has 24 heavy (non-hydrogen) atoms. The summed E-state index contributed by atoms with van der Waals surface area (Å²) < 4.78 is 0. The zero-order valence-electron chi connectivity index (χ0n) is 14.3. The Hall–Kier alpha value is -2.55. The summed E-state index contributed by atoms with van der Waals surface area (Å²) in [4.78, 5) is 27.1. The summed E-state index contributed by atoms with van der Waals surface area (Å²) in [6.07, 6.45) is 4.04. The molecule has 1 saturated carbocycles. The zero-order valence-corrected chi connectivity index (χ0v) is 14.3. The highest BCUT2D eigenvalue weighted by Crippen LogP contribution is 2.29. The van der Waals surface area contributed by atoms with Crippen molar-refractivity contribution < 1.29 is 9.59 Å². The van der Waals surface area contributed by atoms with E-state index in [4.69, 9.17) is 5.26 Å². The van der Waals surface area contributed by atoms with E-state index in [-0.39, 0.29) is 18.4 Å². The first-order valence-corrected chi connectivity index (χ1v) is 8.24. The van der Waals surface area contributed by atoms with Crippen LogP contribution >= 0.6 is 0 Å². The number of anilines is 1. The van der Waals surface area contributed by atoms with Crippen LogP contribution in [0.5, 0.6) is 0 Å². The van der Waals surface area contributed by atoms with Gasteiger partial charge in [0.15, 0.2) is 0 Å². The molecule has 0 heterocycles. The van der Waals surface area contributed by atoms with Crippen molar-refractivity contribution in [3.05, 3.63) is 29.8 Å². The van der Waals surface area contributed by atoms with Crippen molar-refractivity contribution in [3.8, 4) is 6.07 Å². The summed E-state index contributed by atoms with van der Waals surface area (Å²) >= 11 is 0. The second-order valence-corrected chi connectivity index (χ2v) is 6.38. The molecular formula is C18H24N4O2. The number of nitrogens with zero attached hydrogens (tertiary/aromatic N) is 2. The number of hydrogen-bond acceptors (Lipinski definition) is 4. The maximum absolute atomic E-state index is 12.6. The highest BCUT2D eigenvalue weighted by molar-refractivity contribution is 5.99. The molecule has 2 rings (SSSR count). The first kappa shape index (κ1) is 17.8. The second-order valence-electron chi connectivity index (χ2n) is 6.38. The van der Waals surface area contributed by atoms with Crippen LogP contribution in [0.4, 0.5) is 5.69 Å². The van der Waals surface area contributed by atoms with Crippen molar-refractivity contribution in [1.29, 1.82) is 5.26 Å². The first-order valence-electron chi connectivity index (χ1n) is 8.24. The molecule has 6 nitrogen and oxygen atoms in total. The van der Waals surface area contributed by atoms with Crippen LogP contribution in [-0.2, 0) is 4.79 Å². The fourth-order valence-corrected chi connectivity index (χ4v) is 3.05. The lowest BCUT2D eigenvalue weighted by Crippen LogP contribution is -2.59. The third-order valence-corrected chi connectivity index (χ3v) is 4.47. The average molecular weight is 328 g/mol. The highest BCUT2D eigenvalue weighted by atomic mass is 16.2. The second kappa shape index (κ2) is 7.82. The van der Waals surface area contributed by atoms with Crippen LogP contribution in [0.25, 0.3) is 0 Å². The van der Waals surface area contributed by atoms with E-state index in [0.29, 0.717) is 18.4 Å². The molecule has 2 amide bonds. The number of benzene rings is 1. The van der Waals surface area contributed by atoms with Gasteiger partial charge in [0.1, 0.15) is 12.1 Å². The standard InChI is InChI=1S/C18H24N4O2/c1-22(2)15-8-6-14(7-9-15)16(23)21-18(10-4-3-5-11-18)17(24)20-13-12-19/h6-9H,3-5,10-11,13H2,1-2H3,(H,20,24)(H,21,23). The van der Waals surface area contributed by atoms with Gasteiger partial charge in [0.05, 0.1) is 6.07 Å². The number of rotatable bonds is 5. The van der Waals surface area contributed by atoms with E-state index in [0.717, 1.165) is 24.9 Å². The van der Waals surface area contributed by atoms with Crippen LogP contribution in [0.2, 0.25) is 0 Å². The Labute approximate surface area is 142 Å². The minimum atomic E-state index is -0.910. The van der Waals surface area contributed by atoms with E-state index in [1.165, 1.54) is 0 Å². The lowest BCUT2D eigenvalue weighted by Gasteiger charge is -2.36. The molecule has 1 aliphatic carbocycles. The molecular weight excluding hydrogens is 304 g/mol. The molecule has 1 aromatic rings. The SMILES string of the molecule is CN(C)c1ccc(C(=O)NC2(C(=O)NCC#N)CCCCC2)cc1. The largest absolute Gasteiger partial charge is 0.378 e. The van der Waals surface area contributed by atoms with E-state index in [2.05, 4.69) is 10.6 Å². The Balaban J connectivity index is 2.15. The van der Waals surface area contributed by atoms with Crippen molar-refractivity contribution in [3.63, 3.8) is 0 Å². The van der Waals surface area contributed by atoms with E-state index in [1.54, 1.807) is 12.1 Å². The van der Waals surface area contributed by atoms with Gasteiger partial charge in [-0.1, -0.05) is 19.3 Å². The minimum Gasteiger partial charge on any atom is -0.378 e. The van der Waals surface area contributed by atoms with Gasteiger partial charge in [-0.05, 0) is 37.1 Å². The normalized spacial score (nSPS) is 15.9. The number of hydrogen-bond donors (Lipinski definition) is 2. The molecule has 1 fully saturated rings. The van der Waals surface area contributed by atoms with Gasteiger partial charge >= 0.3 is 0 Å². The summed E-state index contributed by atoms with van der Waals surface area (Å²) in [5, 5.41) is 14.2. The predicted octanol–water partition coefficient (Wildman–Crippen LogP) is 1.83. The maximum Gasteiger partial charge on any atom is 0.252 e. The molecule has 0 spiro atoms. The van der Waals surface area contributed by atoms with Crippen molar-refractivity contribution in [2.45, 2.75) is 37.6 Å². The summed E-state index contributed by atoms with van der Waals surface area (Å²) in [6.45, 7) is -0.0476. The van der Waals surface area contributed by atoms with Crippen LogP contribution in [0.15, 0.2) is 24.3 Å². The van der Waals surface area contributed by atoms with Crippen LogP contribution in [0, 0.1) is 11.3 Å². The Bertz CT molecular complexity index is 625. The third-order valence-electron chi connectivity index (χ3n) is 4.47. The first-order chi connectivity index (χ1) is 11.5. The van der Waals surface area contributed by atoms with Gasteiger partial charge in [-0.2, -0.15) is 5.26 Å². The molecule has 0 radical (unpaired) electrons. The summed E-state index contributed by atoms with van der Waals surface area (Å²) in [5.74, 6) is -0.517. The van der Waals surface area contributed by atoms with Crippen molar-refractivity contribution in [2.24, 2.45) is 0 Å². The Morgan fingerprint density at radius 3 is 2.33 bits per heavy atom. The number of amides is 2. The van der Waals surface area contributed by atoms with Gasteiger partial charge in [0.2, 0.25) is 5.91 Å². The van der Waals surface area contributed by atoms with Gasteiger partial charge < -0.3 is 15.5 Å². The van der Waals surface area contributed by atoms with Crippen molar-refractivity contribution >= 4 is 17.5 Å². The summed E-state index contributed by atoms with van der Waals surface area (Å²) in [7, 11) is 3.87. The van der Waals surface area contributed by atoms with Crippen LogP contribution in [0.1, 0.15) is 42.5 Å². The van der Waals surface area contributed by atoms with Gasteiger partial charge in [-0.15, -0.1) is 0 Å². The number of carbonyl (C=O) groups is 2. The van der Waals surface area contributed by atoms with Crippen molar-refractivity contribution in [1.82, 2.24) is 10.6 Å². The topological polar surface area (TPSA) is 85.2 Å². The lowest BCUT2D eigenvalue weighted by atomic mass is 9.80. The molecule has 6 heteroatoms. The van der Waals surface area contributed by atoms with E-state index in [9.17, 15) is 9.59 Å². The van der Waals surface area contributed by atoms with Gasteiger partial charge in [-0.25, -0.2) is 0 Å². The van der Waals surface area contributed by atoms with Crippen LogP contribution in [-0.4, -0.2) is 38.0 Å². The lowest BCUT2D eigenvalue weighted by molar-refractivity contribution is -0.128. The number of nitrogens with one attached hydrogen (secondary N) is 2. The zero-order chi connectivity index (χ0) is 17.6. The molecule has 0 aromatic heterocycles. The third kappa shape index (κ3) is 4.05. The Morgan fingerprint density at radius 2 is 1.79 bits per heavy atom. The summed E-state index contributed by atoms with van der Waals surface area (Å²) in [5.41, 5.74) is 0.621. The van der Waals surface area contributed by atoms with Crippen LogP contribution < -0.4 is 15.5 Å². The minimum absolute atomic E-state index is 0.0476.